The van der Waals surface area contributed by atoms with Gasteiger partial charge in [-0.05, 0) is 31.0 Å². The maximum absolute atomic E-state index is 12.4. The van der Waals surface area contributed by atoms with E-state index in [2.05, 4.69) is 35.1 Å². The molecule has 23 heavy (non-hydrogen) atoms. The molecule has 4 nitrogen and oxygen atoms in total. The maximum Gasteiger partial charge on any atom is 0.323 e. The van der Waals surface area contributed by atoms with E-state index in [1.165, 1.54) is 0 Å². The van der Waals surface area contributed by atoms with Gasteiger partial charge in [0.1, 0.15) is 0 Å². The minimum Gasteiger partial charge on any atom is -0.346 e. The smallest absolute Gasteiger partial charge is 0.323 e. The predicted octanol–water partition coefficient (Wildman–Crippen LogP) is 4.87. The molecular weight excluding hydrogens is 286 g/mol. The van der Waals surface area contributed by atoms with Gasteiger partial charge in [0.15, 0.2) is 0 Å². The average Bonchev–Trinajstić information content (AvgIpc) is 2.93. The summed E-state index contributed by atoms with van der Waals surface area (Å²) in [6.45, 7) is 5.03. The Balaban J connectivity index is 1.83. The average molecular weight is 307 g/mol. The number of aryl methyl sites for hydroxylation is 2. The first kappa shape index (κ1) is 15.2. The van der Waals surface area contributed by atoms with E-state index in [1.807, 2.05) is 48.7 Å². The number of para-hydroxylation sites is 2. The standard InChI is InChI=1S/C19H21N3O/c1-3-14-9-5-7-11-16(14)20-19(23)21-17-13-22(4-2)18-12-8-6-10-15(17)18/h5-13H,3-4H2,1-2H3,(H2,20,21,23). The molecule has 2 amide bonds. The van der Waals surface area contributed by atoms with Gasteiger partial charge in [-0.3, -0.25) is 0 Å². The molecule has 3 rings (SSSR count). The molecular formula is C19H21N3O. The highest BCUT2D eigenvalue weighted by molar-refractivity contribution is 6.06. The first-order valence-electron chi connectivity index (χ1n) is 7.96. The second-order valence-corrected chi connectivity index (χ2v) is 5.44. The Kier molecular flexibility index (Phi) is 4.33. The van der Waals surface area contributed by atoms with Gasteiger partial charge in [0.2, 0.25) is 0 Å². The number of carbonyl (C=O) groups is 1. The van der Waals surface area contributed by atoms with Crippen molar-refractivity contribution in [2.45, 2.75) is 26.8 Å². The molecule has 2 aromatic carbocycles. The molecule has 3 aromatic rings. The van der Waals surface area contributed by atoms with Crippen molar-refractivity contribution in [1.82, 2.24) is 4.57 Å². The second kappa shape index (κ2) is 6.57. The molecule has 0 unspecified atom stereocenters. The molecule has 118 valence electrons. The molecule has 2 N–H and O–H groups in total. The molecule has 0 bridgehead atoms. The quantitative estimate of drug-likeness (QED) is 0.710. The van der Waals surface area contributed by atoms with Gasteiger partial charge in [-0.2, -0.15) is 0 Å². The number of aromatic nitrogens is 1. The second-order valence-electron chi connectivity index (χ2n) is 5.44. The van der Waals surface area contributed by atoms with Crippen molar-refractivity contribution in [3.63, 3.8) is 0 Å². The van der Waals surface area contributed by atoms with Crippen LogP contribution in [-0.2, 0) is 13.0 Å². The predicted molar refractivity (Wildman–Crippen MR) is 96.1 cm³/mol. The zero-order valence-electron chi connectivity index (χ0n) is 13.5. The van der Waals surface area contributed by atoms with Crippen molar-refractivity contribution < 1.29 is 4.79 Å². The first-order valence-corrected chi connectivity index (χ1v) is 7.96. The summed E-state index contributed by atoms with van der Waals surface area (Å²) in [5.41, 5.74) is 3.93. The topological polar surface area (TPSA) is 46.1 Å². The lowest BCUT2D eigenvalue weighted by Gasteiger charge is -2.10. The monoisotopic (exact) mass is 307 g/mol. The molecule has 0 saturated carbocycles. The summed E-state index contributed by atoms with van der Waals surface area (Å²) in [5, 5.41) is 6.96. The van der Waals surface area contributed by atoms with Crippen LogP contribution in [0.5, 0.6) is 0 Å². The van der Waals surface area contributed by atoms with Gasteiger partial charge in [-0.15, -0.1) is 0 Å². The molecule has 0 spiro atoms. The molecule has 4 heteroatoms. The van der Waals surface area contributed by atoms with E-state index >= 15 is 0 Å². The van der Waals surface area contributed by atoms with Crippen LogP contribution in [0.2, 0.25) is 0 Å². The number of anilines is 2. The number of hydrogen-bond acceptors (Lipinski definition) is 1. The van der Waals surface area contributed by atoms with Gasteiger partial charge < -0.3 is 15.2 Å². The van der Waals surface area contributed by atoms with Crippen molar-refractivity contribution in [1.29, 1.82) is 0 Å². The van der Waals surface area contributed by atoms with Crippen LogP contribution in [-0.4, -0.2) is 10.6 Å². The van der Waals surface area contributed by atoms with E-state index in [4.69, 9.17) is 0 Å². The van der Waals surface area contributed by atoms with Crippen LogP contribution in [0, 0.1) is 0 Å². The maximum atomic E-state index is 12.4. The highest BCUT2D eigenvalue weighted by atomic mass is 16.2. The third-order valence-corrected chi connectivity index (χ3v) is 4.02. The Hall–Kier alpha value is -2.75. The summed E-state index contributed by atoms with van der Waals surface area (Å²) in [6.07, 6.45) is 2.86. The van der Waals surface area contributed by atoms with Gasteiger partial charge in [0.05, 0.1) is 11.2 Å². The number of urea groups is 1. The van der Waals surface area contributed by atoms with E-state index in [0.717, 1.165) is 40.8 Å². The number of amides is 2. The van der Waals surface area contributed by atoms with Gasteiger partial charge in [0.25, 0.3) is 0 Å². The molecule has 0 saturated heterocycles. The normalized spacial score (nSPS) is 10.7. The molecule has 1 aromatic heterocycles. The lowest BCUT2D eigenvalue weighted by molar-refractivity contribution is 0.262. The minimum atomic E-state index is -0.218. The molecule has 0 aliphatic carbocycles. The molecule has 0 atom stereocenters. The number of carbonyl (C=O) groups excluding carboxylic acids is 1. The van der Waals surface area contributed by atoms with Crippen molar-refractivity contribution in [3.05, 3.63) is 60.3 Å². The van der Waals surface area contributed by atoms with Crippen LogP contribution in [0.3, 0.4) is 0 Å². The van der Waals surface area contributed by atoms with E-state index in [1.54, 1.807) is 0 Å². The van der Waals surface area contributed by atoms with Crippen molar-refractivity contribution >= 4 is 28.3 Å². The Bertz CT molecular complexity index is 836. The Morgan fingerprint density at radius 1 is 0.957 bits per heavy atom. The number of fused-ring (bicyclic) bond motifs is 1. The highest BCUT2D eigenvalue weighted by Gasteiger charge is 2.11. The largest absolute Gasteiger partial charge is 0.346 e. The van der Waals surface area contributed by atoms with Crippen LogP contribution < -0.4 is 10.6 Å². The highest BCUT2D eigenvalue weighted by Crippen LogP contribution is 2.26. The van der Waals surface area contributed by atoms with E-state index in [0.29, 0.717) is 0 Å². The van der Waals surface area contributed by atoms with Crippen LogP contribution in [0.4, 0.5) is 16.2 Å². The summed E-state index contributed by atoms with van der Waals surface area (Å²) < 4.78 is 2.13. The number of benzene rings is 2. The van der Waals surface area contributed by atoms with Crippen molar-refractivity contribution in [3.8, 4) is 0 Å². The van der Waals surface area contributed by atoms with Crippen LogP contribution in [0.1, 0.15) is 19.4 Å². The van der Waals surface area contributed by atoms with Crippen LogP contribution in [0.15, 0.2) is 54.7 Å². The SMILES string of the molecule is CCc1ccccc1NC(=O)Nc1cn(CC)c2ccccc12. The van der Waals surface area contributed by atoms with Gasteiger partial charge >= 0.3 is 6.03 Å². The number of nitrogens with one attached hydrogen (secondary N) is 2. The third-order valence-electron chi connectivity index (χ3n) is 4.02. The van der Waals surface area contributed by atoms with Gasteiger partial charge in [-0.25, -0.2) is 4.79 Å². The zero-order valence-corrected chi connectivity index (χ0v) is 13.5. The van der Waals surface area contributed by atoms with Crippen molar-refractivity contribution in [2.75, 3.05) is 10.6 Å². The fourth-order valence-corrected chi connectivity index (χ4v) is 2.83. The Morgan fingerprint density at radius 2 is 1.65 bits per heavy atom. The number of nitrogens with zero attached hydrogens (tertiary/aromatic N) is 1. The summed E-state index contributed by atoms with van der Waals surface area (Å²) in [5.74, 6) is 0. The molecule has 1 heterocycles. The summed E-state index contributed by atoms with van der Waals surface area (Å²) in [7, 11) is 0. The zero-order chi connectivity index (χ0) is 16.2. The Labute approximate surface area is 136 Å². The third kappa shape index (κ3) is 3.06. The first-order chi connectivity index (χ1) is 11.2. The lowest BCUT2D eigenvalue weighted by Crippen LogP contribution is -2.20. The molecule has 0 aliphatic heterocycles. The van der Waals surface area contributed by atoms with E-state index in [-0.39, 0.29) is 6.03 Å². The number of hydrogen-bond donors (Lipinski definition) is 2. The van der Waals surface area contributed by atoms with Crippen LogP contribution in [0.25, 0.3) is 10.9 Å². The molecule has 0 fully saturated rings. The van der Waals surface area contributed by atoms with Crippen molar-refractivity contribution in [2.24, 2.45) is 0 Å². The molecule has 0 aliphatic rings. The summed E-state index contributed by atoms with van der Waals surface area (Å²) in [4.78, 5) is 12.4. The fraction of sp³-hybridized carbons (Fsp3) is 0.211. The Morgan fingerprint density at radius 3 is 2.43 bits per heavy atom. The van der Waals surface area contributed by atoms with E-state index in [9.17, 15) is 4.79 Å². The van der Waals surface area contributed by atoms with Gasteiger partial charge in [-0.1, -0.05) is 43.3 Å². The summed E-state index contributed by atoms with van der Waals surface area (Å²) in [6, 6.07) is 15.7. The fourth-order valence-electron chi connectivity index (χ4n) is 2.83. The summed E-state index contributed by atoms with van der Waals surface area (Å²) >= 11 is 0. The molecule has 0 radical (unpaired) electrons. The van der Waals surface area contributed by atoms with Gasteiger partial charge in [0, 0.05) is 23.8 Å². The van der Waals surface area contributed by atoms with Crippen LogP contribution >= 0.6 is 0 Å². The number of rotatable bonds is 4. The van der Waals surface area contributed by atoms with E-state index < -0.39 is 0 Å². The minimum absolute atomic E-state index is 0.218. The lowest BCUT2D eigenvalue weighted by atomic mass is 10.1.